The van der Waals surface area contributed by atoms with Crippen LogP contribution in [0.15, 0.2) is 4.99 Å². The minimum atomic E-state index is -2.43. The van der Waals surface area contributed by atoms with Crippen LogP contribution >= 0.6 is 0 Å². The lowest BCUT2D eigenvalue weighted by Crippen LogP contribution is -2.70. The molecule has 1 amide bonds. The summed E-state index contributed by atoms with van der Waals surface area (Å²) in [6.45, 7) is 1.24. The number of carbonyl (C=O) groups excluding carboxylic acids is 1. The van der Waals surface area contributed by atoms with Crippen LogP contribution in [0.5, 0.6) is 0 Å². The first-order valence-corrected chi connectivity index (χ1v) is 16.6. The van der Waals surface area contributed by atoms with Gasteiger partial charge in [-0.2, -0.15) is 0 Å². The molecule has 0 radical (unpaired) electrons. The summed E-state index contributed by atoms with van der Waals surface area (Å²) in [5.41, 5.74) is 32.4. The van der Waals surface area contributed by atoms with Crippen molar-refractivity contribution in [3.05, 3.63) is 0 Å². The molecular weight excluding hydrogens is 670 g/mol. The summed E-state index contributed by atoms with van der Waals surface area (Å²) in [7, 11) is 0. The van der Waals surface area contributed by atoms with Gasteiger partial charge < -0.3 is 105 Å². The topological polar surface area (TPSA) is 408 Å². The van der Waals surface area contributed by atoms with Crippen LogP contribution in [0.4, 0.5) is 0 Å². The minimum absolute atomic E-state index is 0.0330. The highest BCUT2D eigenvalue weighted by Crippen LogP contribution is 2.32. The first kappa shape index (κ1) is 42.5. The molecule has 3 fully saturated rings. The van der Waals surface area contributed by atoms with Gasteiger partial charge in [0.2, 0.25) is 5.72 Å². The molecule has 2 saturated heterocycles. The van der Waals surface area contributed by atoms with Crippen molar-refractivity contribution in [1.29, 1.82) is 0 Å². The maximum Gasteiger partial charge on any atom is 0.275 e. The molecular formula is C28H57N9O13. The molecule has 0 aromatic heterocycles. The number of ether oxygens (including phenoxy) is 4. The Morgan fingerprint density at radius 1 is 0.940 bits per heavy atom. The molecule has 0 aromatic rings. The highest BCUT2D eigenvalue weighted by atomic mass is 16.7. The van der Waals surface area contributed by atoms with Crippen molar-refractivity contribution < 1.29 is 64.6 Å². The molecule has 0 spiro atoms. The first-order chi connectivity index (χ1) is 23.5. The average molecular weight is 728 g/mol. The molecule has 3 unspecified atom stereocenters. The number of nitrogens with zero attached hydrogens (tertiary/aromatic N) is 1. The highest BCUT2D eigenvalue weighted by Gasteiger charge is 2.53. The van der Waals surface area contributed by atoms with E-state index >= 15 is 0 Å². The Morgan fingerprint density at radius 3 is 2.18 bits per heavy atom. The molecule has 292 valence electrons. The number of rotatable bonds is 16. The minimum Gasteiger partial charge on any atom is -0.394 e. The normalized spacial score (nSPS) is 41.2. The van der Waals surface area contributed by atoms with Crippen LogP contribution in [-0.2, 0) is 23.7 Å². The van der Waals surface area contributed by atoms with Crippen LogP contribution < -0.4 is 45.0 Å². The Bertz CT molecular complexity index is 1100. The molecule has 22 N–H and O–H groups in total. The second kappa shape index (κ2) is 18.7. The summed E-state index contributed by atoms with van der Waals surface area (Å²) in [6, 6.07) is -5.02. The van der Waals surface area contributed by atoms with E-state index in [1.807, 2.05) is 0 Å². The van der Waals surface area contributed by atoms with E-state index in [0.717, 1.165) is 0 Å². The van der Waals surface area contributed by atoms with E-state index in [2.05, 4.69) is 15.6 Å². The lowest BCUT2D eigenvalue weighted by Gasteiger charge is -2.49. The smallest absolute Gasteiger partial charge is 0.275 e. The fraction of sp³-hybridized carbons (Fsp3) is 0.929. The Labute approximate surface area is 289 Å². The number of carbonyl (C=O) groups is 1. The SMILES string of the molecule is CCC(O)(N=C(N)N)C(=O)N[C@@H]1C[C@H](N)C(O[C@H]2O[C@H](CNCC(O)CCCN)[C@@H](O)[C@H](O)[C@H]2N)[C@H](O)[C@H]1O[C@H]1O[C@H](CO)[C@@H](O)[C@H](N)[C@H]1O. The zero-order chi connectivity index (χ0) is 37.5. The van der Waals surface area contributed by atoms with Gasteiger partial charge in [-0.1, -0.05) is 6.92 Å². The first-order valence-electron chi connectivity index (χ1n) is 16.6. The van der Waals surface area contributed by atoms with Gasteiger partial charge in [-0.3, -0.25) is 4.79 Å². The van der Waals surface area contributed by atoms with Gasteiger partial charge in [-0.05, 0) is 25.8 Å². The molecule has 3 aliphatic rings. The van der Waals surface area contributed by atoms with Crippen LogP contribution in [0.25, 0.3) is 0 Å². The molecule has 22 heteroatoms. The summed E-state index contributed by atoms with van der Waals surface area (Å²) in [5, 5.41) is 90.2. The summed E-state index contributed by atoms with van der Waals surface area (Å²) in [5.74, 6) is -1.67. The maximum atomic E-state index is 13.3. The van der Waals surface area contributed by atoms with Gasteiger partial charge in [0.15, 0.2) is 18.5 Å². The van der Waals surface area contributed by atoms with Crippen molar-refractivity contribution in [3.8, 4) is 0 Å². The average Bonchev–Trinajstić information content (AvgIpc) is 3.07. The van der Waals surface area contributed by atoms with E-state index in [4.69, 9.17) is 53.3 Å². The van der Waals surface area contributed by atoms with Crippen molar-refractivity contribution >= 4 is 11.9 Å². The van der Waals surface area contributed by atoms with Crippen LogP contribution in [0, 0.1) is 0 Å². The van der Waals surface area contributed by atoms with E-state index in [9.17, 15) is 45.6 Å². The molecule has 22 nitrogen and oxygen atoms in total. The number of nitrogens with one attached hydrogen (secondary N) is 2. The fourth-order valence-electron chi connectivity index (χ4n) is 6.15. The van der Waals surface area contributed by atoms with Crippen LogP contribution in [0.1, 0.15) is 32.6 Å². The Morgan fingerprint density at radius 2 is 1.58 bits per heavy atom. The summed E-state index contributed by atoms with van der Waals surface area (Å²) >= 11 is 0. The summed E-state index contributed by atoms with van der Waals surface area (Å²) in [6.07, 6.45) is -16.5. The van der Waals surface area contributed by atoms with Crippen LogP contribution in [0.3, 0.4) is 0 Å². The van der Waals surface area contributed by atoms with Crippen molar-refractivity contribution in [2.24, 2.45) is 39.4 Å². The Kier molecular flexibility index (Phi) is 15.9. The standard InChI is InChI=1S/C28H57N9O13/c1-2-28(46,37-27(33)34)26(45)36-12-6-11(30)22(21(44)23(12)50-25-20(43)15(31)17(40)14(9-38)48-25)49-24-16(32)19(42)18(41)13(47-24)8-35-7-10(39)4-3-5-29/h10-25,35,38-44,46H,2-9,29-32H2,1H3,(H,36,45)(H4,33,34,37)/t10?,11-,12+,13+,14+,15-,16+,17+,18+,19+,20+,21-,22?,23-,24+,25+,28?/m0/s1. The zero-order valence-corrected chi connectivity index (χ0v) is 27.9. The van der Waals surface area contributed by atoms with Gasteiger partial charge in [0.05, 0.1) is 30.8 Å². The van der Waals surface area contributed by atoms with Gasteiger partial charge >= 0.3 is 0 Å². The second-order valence-electron chi connectivity index (χ2n) is 13.0. The number of aliphatic imine (C=N–C) groups is 1. The van der Waals surface area contributed by atoms with Crippen LogP contribution in [-0.4, -0.2) is 182 Å². The van der Waals surface area contributed by atoms with E-state index in [-0.39, 0.29) is 25.9 Å². The van der Waals surface area contributed by atoms with Crippen molar-refractivity contribution in [2.45, 2.75) is 136 Å². The second-order valence-corrected chi connectivity index (χ2v) is 13.0. The van der Waals surface area contributed by atoms with E-state index in [1.165, 1.54) is 6.92 Å². The monoisotopic (exact) mass is 727 g/mol. The van der Waals surface area contributed by atoms with E-state index in [0.29, 0.717) is 19.4 Å². The van der Waals surface area contributed by atoms with Crippen LogP contribution in [0.2, 0.25) is 0 Å². The third kappa shape index (κ3) is 10.1. The number of aliphatic hydroxyl groups is 8. The molecule has 2 heterocycles. The lowest BCUT2D eigenvalue weighted by molar-refractivity contribution is -0.320. The third-order valence-corrected chi connectivity index (χ3v) is 9.24. The highest BCUT2D eigenvalue weighted by molar-refractivity contribution is 5.88. The molecule has 50 heavy (non-hydrogen) atoms. The predicted octanol–water partition coefficient (Wildman–Crippen LogP) is -9.06. The molecule has 1 aliphatic carbocycles. The van der Waals surface area contributed by atoms with Gasteiger partial charge in [0.25, 0.3) is 5.91 Å². The number of nitrogens with two attached hydrogens (primary N) is 6. The van der Waals surface area contributed by atoms with Gasteiger partial charge in [-0.25, -0.2) is 4.99 Å². The fourth-order valence-corrected chi connectivity index (χ4v) is 6.15. The summed E-state index contributed by atoms with van der Waals surface area (Å²) in [4.78, 5) is 16.9. The van der Waals surface area contributed by atoms with E-state index < -0.39 is 122 Å². The summed E-state index contributed by atoms with van der Waals surface area (Å²) < 4.78 is 23.4. The van der Waals surface area contributed by atoms with Crippen molar-refractivity contribution in [3.63, 3.8) is 0 Å². The largest absolute Gasteiger partial charge is 0.394 e. The number of guanidine groups is 1. The molecule has 3 rings (SSSR count). The number of hydrogen-bond acceptors (Lipinski definition) is 19. The van der Waals surface area contributed by atoms with Crippen molar-refractivity contribution in [2.75, 3.05) is 26.2 Å². The predicted molar refractivity (Wildman–Crippen MR) is 173 cm³/mol. The van der Waals surface area contributed by atoms with Gasteiger partial charge in [0.1, 0.15) is 54.9 Å². The maximum absolute atomic E-state index is 13.3. The number of aliphatic hydroxyl groups excluding tert-OH is 7. The van der Waals surface area contributed by atoms with Gasteiger partial charge in [-0.15, -0.1) is 0 Å². The van der Waals surface area contributed by atoms with Crippen molar-refractivity contribution in [1.82, 2.24) is 10.6 Å². The third-order valence-electron chi connectivity index (χ3n) is 9.24. The lowest BCUT2D eigenvalue weighted by atomic mass is 9.83. The number of hydrogen-bond donors (Lipinski definition) is 16. The number of amides is 1. The van der Waals surface area contributed by atoms with Gasteiger partial charge in [0, 0.05) is 25.6 Å². The molecule has 17 atom stereocenters. The molecule has 2 aliphatic heterocycles. The molecule has 0 aromatic carbocycles. The Balaban J connectivity index is 1.85. The quantitative estimate of drug-likeness (QED) is 0.0518. The molecule has 0 bridgehead atoms. The van der Waals surface area contributed by atoms with E-state index in [1.54, 1.807) is 0 Å². The Hall–Kier alpha value is -1.94. The molecule has 1 saturated carbocycles. The zero-order valence-electron chi connectivity index (χ0n) is 27.9.